The van der Waals surface area contributed by atoms with E-state index in [4.69, 9.17) is 6.42 Å². The fourth-order valence-electron chi connectivity index (χ4n) is 0.743. The van der Waals surface area contributed by atoms with Crippen LogP contribution in [-0.2, 0) is 4.79 Å². The van der Waals surface area contributed by atoms with Crippen LogP contribution in [0.3, 0.4) is 0 Å². The zero-order valence-corrected chi connectivity index (χ0v) is 8.39. The van der Waals surface area contributed by atoms with Crippen LogP contribution >= 0.6 is 0 Å². The highest BCUT2D eigenvalue weighted by Crippen LogP contribution is 1.96. The monoisotopic (exact) mass is 182 g/mol. The molecule has 1 amide bonds. The van der Waals surface area contributed by atoms with Gasteiger partial charge in [0.2, 0.25) is 5.91 Å². The Bertz CT molecular complexity index is 184. The van der Waals surface area contributed by atoms with E-state index in [0.29, 0.717) is 19.0 Å². The van der Waals surface area contributed by atoms with E-state index < -0.39 is 0 Å². The van der Waals surface area contributed by atoms with Crippen LogP contribution in [0.5, 0.6) is 0 Å². The second-order valence-electron chi connectivity index (χ2n) is 3.13. The van der Waals surface area contributed by atoms with E-state index in [2.05, 4.69) is 30.4 Å². The molecule has 0 aliphatic carbocycles. The normalized spacial score (nSPS) is 11.8. The zero-order valence-electron chi connectivity index (χ0n) is 8.39. The molecule has 1 atom stereocenters. The molecular formula is C10H18N2O. The van der Waals surface area contributed by atoms with Crippen LogP contribution in [-0.4, -0.2) is 25.5 Å². The first-order valence-corrected chi connectivity index (χ1v) is 4.61. The maximum atomic E-state index is 11.1. The summed E-state index contributed by atoms with van der Waals surface area (Å²) >= 11 is 0. The quantitative estimate of drug-likeness (QED) is 0.460. The van der Waals surface area contributed by atoms with Gasteiger partial charge in [-0.2, -0.15) is 0 Å². The molecule has 1 unspecified atom stereocenters. The van der Waals surface area contributed by atoms with Crippen molar-refractivity contribution >= 4 is 5.91 Å². The average Bonchev–Trinajstić information content (AvgIpc) is 2.14. The highest BCUT2D eigenvalue weighted by Gasteiger charge is 2.02. The van der Waals surface area contributed by atoms with E-state index in [1.54, 1.807) is 0 Å². The maximum Gasteiger partial charge on any atom is 0.233 e. The van der Waals surface area contributed by atoms with Crippen molar-refractivity contribution in [3.63, 3.8) is 0 Å². The van der Waals surface area contributed by atoms with Crippen molar-refractivity contribution in [3.8, 4) is 12.3 Å². The van der Waals surface area contributed by atoms with Crippen molar-refractivity contribution < 1.29 is 4.79 Å². The summed E-state index contributed by atoms with van der Waals surface area (Å²) in [5.74, 6) is 2.96. The highest BCUT2D eigenvalue weighted by atomic mass is 16.1. The second kappa shape index (κ2) is 7.63. The Balaban J connectivity index is 3.36. The predicted octanol–water partition coefficient (Wildman–Crippen LogP) is 0.371. The lowest BCUT2D eigenvalue weighted by Gasteiger charge is -2.09. The van der Waals surface area contributed by atoms with Crippen LogP contribution in [0.1, 0.15) is 20.3 Å². The smallest absolute Gasteiger partial charge is 0.233 e. The molecular weight excluding hydrogens is 164 g/mol. The minimum atomic E-state index is 0.00977. The molecule has 0 aliphatic heterocycles. The number of carbonyl (C=O) groups excluding carboxylic acids is 1. The lowest BCUT2D eigenvalue weighted by molar-refractivity contribution is -0.120. The van der Waals surface area contributed by atoms with Crippen molar-refractivity contribution in [2.24, 2.45) is 5.92 Å². The van der Waals surface area contributed by atoms with Crippen molar-refractivity contribution in [2.45, 2.75) is 20.3 Å². The number of terminal acetylenes is 1. The van der Waals surface area contributed by atoms with Gasteiger partial charge in [-0.15, -0.1) is 6.42 Å². The first kappa shape index (κ1) is 12.0. The third kappa shape index (κ3) is 7.35. The minimum Gasteiger partial charge on any atom is -0.355 e. The molecule has 0 saturated carbocycles. The van der Waals surface area contributed by atoms with Gasteiger partial charge in [-0.05, 0) is 5.92 Å². The number of nitrogens with one attached hydrogen (secondary N) is 2. The van der Waals surface area contributed by atoms with Crippen molar-refractivity contribution in [1.29, 1.82) is 0 Å². The zero-order chi connectivity index (χ0) is 10.1. The molecule has 0 aromatic rings. The standard InChI is InChI=1S/C10H18N2O/c1-4-6-11-8-10(13)12-7-9(3)5-2/h1,9,11H,5-8H2,2-3H3,(H,12,13). The van der Waals surface area contributed by atoms with E-state index in [0.717, 1.165) is 13.0 Å². The summed E-state index contributed by atoms with van der Waals surface area (Å²) in [7, 11) is 0. The maximum absolute atomic E-state index is 11.1. The Morgan fingerprint density at radius 2 is 2.31 bits per heavy atom. The number of rotatable bonds is 6. The van der Waals surface area contributed by atoms with Crippen LogP contribution in [0.2, 0.25) is 0 Å². The lowest BCUT2D eigenvalue weighted by Crippen LogP contribution is -2.36. The van der Waals surface area contributed by atoms with E-state index in [1.807, 2.05) is 0 Å². The molecule has 13 heavy (non-hydrogen) atoms. The van der Waals surface area contributed by atoms with Gasteiger partial charge in [0, 0.05) is 6.54 Å². The molecule has 0 rings (SSSR count). The third-order valence-electron chi connectivity index (χ3n) is 1.86. The van der Waals surface area contributed by atoms with Gasteiger partial charge in [-0.1, -0.05) is 26.2 Å². The molecule has 2 N–H and O–H groups in total. The number of carbonyl (C=O) groups is 1. The summed E-state index contributed by atoms with van der Waals surface area (Å²) < 4.78 is 0. The minimum absolute atomic E-state index is 0.00977. The summed E-state index contributed by atoms with van der Waals surface area (Å²) in [6.45, 7) is 5.70. The Morgan fingerprint density at radius 3 is 2.85 bits per heavy atom. The van der Waals surface area contributed by atoms with E-state index >= 15 is 0 Å². The molecule has 0 spiro atoms. The van der Waals surface area contributed by atoms with Gasteiger partial charge in [-0.3, -0.25) is 10.1 Å². The van der Waals surface area contributed by atoms with Crippen molar-refractivity contribution in [1.82, 2.24) is 10.6 Å². The van der Waals surface area contributed by atoms with Gasteiger partial charge >= 0.3 is 0 Å². The van der Waals surface area contributed by atoms with Gasteiger partial charge in [0.25, 0.3) is 0 Å². The fraction of sp³-hybridized carbons (Fsp3) is 0.700. The van der Waals surface area contributed by atoms with Gasteiger partial charge < -0.3 is 5.32 Å². The Morgan fingerprint density at radius 1 is 1.62 bits per heavy atom. The molecule has 0 aromatic heterocycles. The largest absolute Gasteiger partial charge is 0.355 e. The fourth-order valence-corrected chi connectivity index (χ4v) is 0.743. The summed E-state index contributed by atoms with van der Waals surface area (Å²) in [5, 5.41) is 5.65. The number of hydrogen-bond donors (Lipinski definition) is 2. The van der Waals surface area contributed by atoms with Crippen molar-refractivity contribution in [2.75, 3.05) is 19.6 Å². The third-order valence-corrected chi connectivity index (χ3v) is 1.86. The molecule has 0 aliphatic rings. The van der Waals surface area contributed by atoms with E-state index in [9.17, 15) is 4.79 Å². The molecule has 3 heteroatoms. The van der Waals surface area contributed by atoms with Crippen LogP contribution in [0.15, 0.2) is 0 Å². The number of amides is 1. The predicted molar refractivity (Wildman–Crippen MR) is 54.2 cm³/mol. The molecule has 0 bridgehead atoms. The van der Waals surface area contributed by atoms with Gasteiger partial charge in [0.05, 0.1) is 13.1 Å². The first-order chi connectivity index (χ1) is 6.20. The molecule has 74 valence electrons. The molecule has 0 saturated heterocycles. The Hall–Kier alpha value is -1.01. The topological polar surface area (TPSA) is 41.1 Å². The number of hydrogen-bond acceptors (Lipinski definition) is 2. The second-order valence-corrected chi connectivity index (χ2v) is 3.13. The summed E-state index contributed by atoms with van der Waals surface area (Å²) in [5.41, 5.74) is 0. The van der Waals surface area contributed by atoms with Crippen molar-refractivity contribution in [3.05, 3.63) is 0 Å². The average molecular weight is 182 g/mol. The van der Waals surface area contributed by atoms with E-state index in [1.165, 1.54) is 0 Å². The molecule has 0 aromatic carbocycles. The summed E-state index contributed by atoms with van der Waals surface area (Å²) in [4.78, 5) is 11.1. The van der Waals surface area contributed by atoms with Crippen LogP contribution in [0.25, 0.3) is 0 Å². The van der Waals surface area contributed by atoms with Gasteiger partial charge in [0.1, 0.15) is 0 Å². The van der Waals surface area contributed by atoms with Crippen LogP contribution in [0, 0.1) is 18.3 Å². The summed E-state index contributed by atoms with van der Waals surface area (Å²) in [6.07, 6.45) is 6.10. The first-order valence-electron chi connectivity index (χ1n) is 4.61. The highest BCUT2D eigenvalue weighted by molar-refractivity contribution is 5.77. The van der Waals surface area contributed by atoms with Gasteiger partial charge in [0.15, 0.2) is 0 Å². The Kier molecular flexibility index (Phi) is 7.04. The van der Waals surface area contributed by atoms with E-state index in [-0.39, 0.29) is 5.91 Å². The Labute approximate surface area is 80.3 Å². The van der Waals surface area contributed by atoms with Crippen LogP contribution < -0.4 is 10.6 Å². The molecule has 0 heterocycles. The van der Waals surface area contributed by atoms with Crippen LogP contribution in [0.4, 0.5) is 0 Å². The molecule has 3 nitrogen and oxygen atoms in total. The molecule has 0 fully saturated rings. The SMILES string of the molecule is C#CCNCC(=O)NCC(C)CC. The molecule has 0 radical (unpaired) electrons. The van der Waals surface area contributed by atoms with Gasteiger partial charge in [-0.25, -0.2) is 0 Å². The summed E-state index contributed by atoms with van der Waals surface area (Å²) in [6, 6.07) is 0. The lowest BCUT2D eigenvalue weighted by atomic mass is 10.1.